The van der Waals surface area contributed by atoms with Crippen molar-refractivity contribution in [3.63, 3.8) is 0 Å². The molecule has 0 aliphatic heterocycles. The van der Waals surface area contributed by atoms with E-state index < -0.39 is 17.0 Å². The zero-order valence-corrected chi connectivity index (χ0v) is 14.8. The quantitative estimate of drug-likeness (QED) is 0.391. The van der Waals surface area contributed by atoms with Gasteiger partial charge in [0.15, 0.2) is 0 Å². The average Bonchev–Trinajstić information content (AvgIpc) is 2.90. The Bertz CT molecular complexity index is 364. The molecule has 0 fully saturated rings. The summed E-state index contributed by atoms with van der Waals surface area (Å²) in [4.78, 5) is 0. The van der Waals surface area contributed by atoms with Gasteiger partial charge in [-0.05, 0) is 0 Å². The van der Waals surface area contributed by atoms with Gasteiger partial charge in [0.05, 0.1) is 0 Å². The van der Waals surface area contributed by atoms with Crippen LogP contribution < -0.4 is 0 Å². The summed E-state index contributed by atoms with van der Waals surface area (Å²) in [5.41, 5.74) is 4.39. The van der Waals surface area contributed by atoms with Gasteiger partial charge < -0.3 is 0 Å². The first-order valence-electron chi connectivity index (χ1n) is 5.85. The SMILES string of the molecule is CC1=[C-]C(C)(C)C(C)=C1C.[C-]1=CC=CC1.[Cl][Ti][Cl]. The molecule has 18 heavy (non-hydrogen) atoms. The van der Waals surface area contributed by atoms with Crippen LogP contribution in [0.3, 0.4) is 0 Å². The van der Waals surface area contributed by atoms with E-state index in [0.29, 0.717) is 0 Å². The van der Waals surface area contributed by atoms with Crippen LogP contribution in [0.5, 0.6) is 0 Å². The van der Waals surface area contributed by atoms with Crippen molar-refractivity contribution in [1.29, 1.82) is 0 Å². The molecule has 2 aliphatic carbocycles. The van der Waals surface area contributed by atoms with Crippen molar-refractivity contribution in [3.05, 3.63) is 47.1 Å². The molecule has 0 amide bonds. The fourth-order valence-electron chi connectivity index (χ4n) is 1.75. The van der Waals surface area contributed by atoms with E-state index in [1.807, 2.05) is 12.2 Å². The van der Waals surface area contributed by atoms with E-state index in [1.165, 1.54) is 16.7 Å². The van der Waals surface area contributed by atoms with Gasteiger partial charge in [-0.3, -0.25) is 12.2 Å². The first-order valence-corrected chi connectivity index (χ1v) is 10.1. The molecule has 100 valence electrons. The molecule has 0 atom stereocenters. The van der Waals surface area contributed by atoms with Crippen LogP contribution in [0.1, 0.15) is 41.0 Å². The fraction of sp³-hybridized carbons (Fsp3) is 0.467. The zero-order chi connectivity index (χ0) is 14.2. The van der Waals surface area contributed by atoms with Crippen LogP contribution in [0.2, 0.25) is 0 Å². The Labute approximate surface area is 129 Å². The van der Waals surface area contributed by atoms with Crippen molar-refractivity contribution in [2.24, 2.45) is 5.41 Å². The van der Waals surface area contributed by atoms with Gasteiger partial charge in [0.25, 0.3) is 0 Å². The molecule has 0 aromatic heterocycles. The van der Waals surface area contributed by atoms with Gasteiger partial charge in [-0.15, -0.1) is 13.3 Å². The molecule has 0 spiro atoms. The van der Waals surface area contributed by atoms with Crippen LogP contribution in [-0.2, 0) is 17.0 Å². The third-order valence-electron chi connectivity index (χ3n) is 3.15. The van der Waals surface area contributed by atoms with Crippen LogP contribution in [-0.4, -0.2) is 0 Å². The molecule has 0 saturated carbocycles. The van der Waals surface area contributed by atoms with E-state index in [0.717, 1.165) is 6.42 Å². The van der Waals surface area contributed by atoms with E-state index in [1.54, 1.807) is 0 Å². The van der Waals surface area contributed by atoms with Crippen molar-refractivity contribution in [2.75, 3.05) is 0 Å². The zero-order valence-electron chi connectivity index (χ0n) is 11.7. The normalized spacial score (nSPS) is 18.7. The van der Waals surface area contributed by atoms with Gasteiger partial charge in [-0.2, -0.15) is 17.2 Å². The Morgan fingerprint density at radius 3 is 1.89 bits per heavy atom. The molecular formula is C15H20Cl2Ti-2. The maximum absolute atomic E-state index is 4.89. The Hall–Kier alpha value is 0.254. The van der Waals surface area contributed by atoms with E-state index in [9.17, 15) is 0 Å². The number of allylic oxidation sites excluding steroid dienone is 8. The summed E-state index contributed by atoms with van der Waals surface area (Å²) in [6, 6.07) is 0. The number of halogens is 2. The summed E-state index contributed by atoms with van der Waals surface area (Å²) in [5.74, 6) is 0. The van der Waals surface area contributed by atoms with Crippen LogP contribution in [0.15, 0.2) is 34.9 Å². The van der Waals surface area contributed by atoms with Crippen LogP contribution in [0, 0.1) is 17.6 Å². The van der Waals surface area contributed by atoms with E-state index >= 15 is 0 Å². The average molecular weight is 319 g/mol. The van der Waals surface area contributed by atoms with Gasteiger partial charge in [-0.25, -0.2) is 17.7 Å². The summed E-state index contributed by atoms with van der Waals surface area (Å²) in [6.07, 6.45) is 13.4. The first kappa shape index (κ1) is 18.3. The fourth-order valence-corrected chi connectivity index (χ4v) is 1.75. The van der Waals surface area contributed by atoms with Gasteiger partial charge >= 0.3 is 35.6 Å². The maximum atomic E-state index is 4.89. The summed E-state index contributed by atoms with van der Waals surface area (Å²) in [7, 11) is 9.78. The minimum atomic E-state index is -0.556. The van der Waals surface area contributed by atoms with Crippen molar-refractivity contribution < 1.29 is 17.0 Å². The van der Waals surface area contributed by atoms with Gasteiger partial charge in [-0.1, -0.05) is 33.1 Å². The molecule has 0 nitrogen and oxygen atoms in total. The molecule has 0 saturated heterocycles. The molecule has 0 heterocycles. The van der Waals surface area contributed by atoms with Gasteiger partial charge in [0.1, 0.15) is 0 Å². The second-order valence-corrected chi connectivity index (χ2v) is 7.28. The molecular weight excluding hydrogens is 299 g/mol. The second-order valence-electron chi connectivity index (χ2n) is 4.70. The van der Waals surface area contributed by atoms with E-state index in [2.05, 4.69) is 52.8 Å². The molecule has 0 aromatic rings. The topological polar surface area (TPSA) is 0 Å². The molecule has 0 aromatic carbocycles. The summed E-state index contributed by atoms with van der Waals surface area (Å²) in [6.45, 7) is 10.9. The van der Waals surface area contributed by atoms with Crippen LogP contribution in [0.25, 0.3) is 0 Å². The Morgan fingerprint density at radius 1 is 1.22 bits per heavy atom. The number of hydrogen-bond acceptors (Lipinski definition) is 0. The second kappa shape index (κ2) is 9.20. The third-order valence-corrected chi connectivity index (χ3v) is 3.15. The summed E-state index contributed by atoms with van der Waals surface area (Å²) < 4.78 is 0. The Morgan fingerprint density at radius 2 is 1.78 bits per heavy atom. The van der Waals surface area contributed by atoms with Gasteiger partial charge in [0.2, 0.25) is 0 Å². The summed E-state index contributed by atoms with van der Waals surface area (Å²) in [5, 5.41) is 0. The van der Waals surface area contributed by atoms with Crippen molar-refractivity contribution in [1.82, 2.24) is 0 Å². The number of hydrogen-bond donors (Lipinski definition) is 0. The number of rotatable bonds is 0. The standard InChI is InChI=1S/C10H15.C5H5.2ClH.Ti/c1-7-6-10(4,5)9(3)8(7)2;1-2-4-5-3-1;;;/h1-5H3;1-3H,4H2;2*1H;/q2*-1;;;+2/p-2. The molecule has 0 bridgehead atoms. The predicted octanol–water partition coefficient (Wildman–Crippen LogP) is 5.79. The minimum absolute atomic E-state index is 0.189. The molecule has 2 aliphatic rings. The molecule has 2 rings (SSSR count). The predicted molar refractivity (Wildman–Crippen MR) is 77.9 cm³/mol. The first-order chi connectivity index (χ1) is 8.36. The molecule has 0 radical (unpaired) electrons. The van der Waals surface area contributed by atoms with E-state index in [-0.39, 0.29) is 5.41 Å². The third kappa shape index (κ3) is 6.43. The molecule has 0 N–H and O–H groups in total. The van der Waals surface area contributed by atoms with Crippen LogP contribution >= 0.6 is 18.6 Å². The van der Waals surface area contributed by atoms with Crippen LogP contribution in [0.4, 0.5) is 0 Å². The van der Waals surface area contributed by atoms with Gasteiger partial charge in [0, 0.05) is 0 Å². The molecule has 3 heteroatoms. The van der Waals surface area contributed by atoms with Crippen molar-refractivity contribution in [3.8, 4) is 0 Å². The Balaban J connectivity index is 0.000000301. The summed E-state index contributed by atoms with van der Waals surface area (Å²) >= 11 is -0.556. The van der Waals surface area contributed by atoms with Crippen molar-refractivity contribution >= 4 is 18.6 Å². The Kier molecular flexibility index (Phi) is 9.33. The molecule has 0 unspecified atom stereocenters. The van der Waals surface area contributed by atoms with E-state index in [4.69, 9.17) is 18.6 Å². The van der Waals surface area contributed by atoms with Crippen molar-refractivity contribution in [2.45, 2.75) is 41.0 Å². The monoisotopic (exact) mass is 318 g/mol.